The summed E-state index contributed by atoms with van der Waals surface area (Å²) in [5.74, 6) is 1.85. The smallest absolute Gasteiger partial charge is 0.276 e. The van der Waals surface area contributed by atoms with E-state index in [1.54, 1.807) is 26.4 Å². The first-order chi connectivity index (χ1) is 13.9. The second-order valence-corrected chi connectivity index (χ2v) is 9.25. The first kappa shape index (κ1) is 20.2. The molecule has 1 N–H and O–H groups in total. The Morgan fingerprint density at radius 1 is 1.10 bits per heavy atom. The molecule has 0 amide bonds. The second kappa shape index (κ2) is 7.98. The lowest BCUT2D eigenvalue weighted by Crippen LogP contribution is -2.33. The van der Waals surface area contributed by atoms with Gasteiger partial charge in [-0.2, -0.15) is 4.31 Å². The molecule has 1 fully saturated rings. The zero-order valence-electron chi connectivity index (χ0n) is 16.6. The Hall–Kier alpha value is -2.07. The fourth-order valence-corrected chi connectivity index (χ4v) is 5.57. The maximum Gasteiger partial charge on any atom is 0.276 e. The van der Waals surface area contributed by atoms with Crippen LogP contribution in [0.25, 0.3) is 0 Å². The summed E-state index contributed by atoms with van der Waals surface area (Å²) in [4.78, 5) is 2.00. The van der Waals surface area contributed by atoms with Gasteiger partial charge >= 0.3 is 0 Å². The van der Waals surface area contributed by atoms with Gasteiger partial charge in [-0.05, 0) is 37.1 Å². The van der Waals surface area contributed by atoms with E-state index in [2.05, 4.69) is 0 Å². The number of fused-ring (bicyclic) bond motifs is 1. The summed E-state index contributed by atoms with van der Waals surface area (Å²) in [7, 11) is -0.407. The Morgan fingerprint density at radius 3 is 2.48 bits per heavy atom. The van der Waals surface area contributed by atoms with Gasteiger partial charge in [-0.3, -0.25) is 4.90 Å². The van der Waals surface area contributed by atoms with Crippen LogP contribution in [0.1, 0.15) is 35.8 Å². The van der Waals surface area contributed by atoms with Gasteiger partial charge in [0, 0.05) is 37.3 Å². The molecular weight excluding hydrogens is 396 g/mol. The zero-order valence-corrected chi connectivity index (χ0v) is 17.4. The van der Waals surface area contributed by atoms with Crippen LogP contribution in [0, 0.1) is 0 Å². The topological polar surface area (TPSA) is 92.5 Å². The summed E-state index contributed by atoms with van der Waals surface area (Å²) >= 11 is 0. The molecule has 3 heterocycles. The second-order valence-electron chi connectivity index (χ2n) is 7.38. The lowest BCUT2D eigenvalue weighted by Gasteiger charge is -2.33. The van der Waals surface area contributed by atoms with Crippen LogP contribution in [0.15, 0.2) is 33.8 Å². The number of hydrogen-bond acceptors (Lipinski definition) is 7. The lowest BCUT2D eigenvalue weighted by atomic mass is 9.95. The number of sulfonamides is 1. The third-order valence-corrected chi connectivity index (χ3v) is 7.31. The fourth-order valence-electron chi connectivity index (χ4n) is 4.12. The van der Waals surface area contributed by atoms with E-state index < -0.39 is 16.1 Å². The minimum Gasteiger partial charge on any atom is -0.496 e. The number of furan rings is 1. The van der Waals surface area contributed by atoms with Crippen molar-refractivity contribution in [3.63, 3.8) is 0 Å². The van der Waals surface area contributed by atoms with E-state index in [1.807, 2.05) is 11.0 Å². The van der Waals surface area contributed by atoms with Gasteiger partial charge in [0.25, 0.3) is 10.0 Å². The predicted molar refractivity (Wildman–Crippen MR) is 105 cm³/mol. The number of benzene rings is 1. The van der Waals surface area contributed by atoms with Crippen LogP contribution in [-0.4, -0.2) is 56.6 Å². The molecule has 0 radical (unpaired) electrons. The highest BCUT2D eigenvalue weighted by Gasteiger charge is 2.32. The highest BCUT2D eigenvalue weighted by molar-refractivity contribution is 7.89. The van der Waals surface area contributed by atoms with Crippen LogP contribution < -0.4 is 9.47 Å². The number of rotatable bonds is 6. The van der Waals surface area contributed by atoms with E-state index in [0.717, 1.165) is 24.0 Å². The molecule has 1 saturated heterocycles. The predicted octanol–water partition coefficient (Wildman–Crippen LogP) is 2.13. The van der Waals surface area contributed by atoms with Gasteiger partial charge in [-0.25, -0.2) is 8.42 Å². The van der Waals surface area contributed by atoms with Gasteiger partial charge in [0.2, 0.25) is 5.09 Å². The highest BCUT2D eigenvalue weighted by Crippen LogP contribution is 2.39. The summed E-state index contributed by atoms with van der Waals surface area (Å²) in [6.07, 6.45) is 1.01. The average molecular weight is 423 g/mol. The summed E-state index contributed by atoms with van der Waals surface area (Å²) in [5, 5.41) is 10.7. The molecule has 0 aliphatic carbocycles. The van der Waals surface area contributed by atoms with Gasteiger partial charge in [0.05, 0.1) is 26.9 Å². The summed E-state index contributed by atoms with van der Waals surface area (Å²) in [6.45, 7) is 2.36. The first-order valence-corrected chi connectivity index (χ1v) is 11.1. The quantitative estimate of drug-likeness (QED) is 0.762. The number of ether oxygens (including phenoxy) is 2. The number of hydrogen-bond donors (Lipinski definition) is 1. The number of methoxy groups -OCH3 is 2. The minimum absolute atomic E-state index is 0.0217. The SMILES string of the molecule is COc1ccc(OC)c2c1CN(Cc1ccc(S(=O)(=O)N3CCCC3)o1)C[C@@H]2O. The Balaban J connectivity index is 1.54. The van der Waals surface area contributed by atoms with Crippen LogP contribution in [0.3, 0.4) is 0 Å². The number of aliphatic hydroxyl groups excluding tert-OH is 1. The van der Waals surface area contributed by atoms with E-state index in [1.165, 1.54) is 10.4 Å². The van der Waals surface area contributed by atoms with Crippen molar-refractivity contribution in [1.29, 1.82) is 0 Å². The molecule has 9 heteroatoms. The molecule has 158 valence electrons. The standard InChI is InChI=1S/C20H26N2O6S/c1-26-17-6-7-18(27-2)20-15(17)12-21(13-16(20)23)11-14-5-8-19(28-14)29(24,25)22-9-3-4-10-22/h5-8,16,23H,3-4,9-13H2,1-2H3/t16-/m0/s1. The molecule has 0 spiro atoms. The van der Waals surface area contributed by atoms with Gasteiger partial charge in [-0.15, -0.1) is 0 Å². The van der Waals surface area contributed by atoms with Crippen LogP contribution in [0.4, 0.5) is 0 Å². The normalized spacial score (nSPS) is 20.6. The Bertz CT molecular complexity index is 981. The van der Waals surface area contributed by atoms with Crippen molar-refractivity contribution < 1.29 is 27.4 Å². The van der Waals surface area contributed by atoms with Gasteiger partial charge < -0.3 is 19.0 Å². The monoisotopic (exact) mass is 422 g/mol. The lowest BCUT2D eigenvalue weighted by molar-refractivity contribution is 0.0795. The van der Waals surface area contributed by atoms with Crippen molar-refractivity contribution in [2.24, 2.45) is 0 Å². The van der Waals surface area contributed by atoms with Gasteiger partial charge in [-0.1, -0.05) is 0 Å². The van der Waals surface area contributed by atoms with Crippen molar-refractivity contribution in [3.05, 3.63) is 41.2 Å². The van der Waals surface area contributed by atoms with Crippen LogP contribution in [-0.2, 0) is 23.1 Å². The molecule has 0 unspecified atom stereocenters. The van der Waals surface area contributed by atoms with Gasteiger partial charge in [0.1, 0.15) is 17.3 Å². The molecule has 1 aromatic carbocycles. The van der Waals surface area contributed by atoms with E-state index in [9.17, 15) is 13.5 Å². The maximum absolute atomic E-state index is 12.7. The van der Waals surface area contributed by atoms with Crippen LogP contribution >= 0.6 is 0 Å². The molecule has 2 aliphatic rings. The average Bonchev–Trinajstić information content (AvgIpc) is 3.40. The molecule has 2 aromatic rings. The molecule has 1 atom stereocenters. The molecule has 0 saturated carbocycles. The number of aliphatic hydroxyl groups is 1. The maximum atomic E-state index is 12.7. The van der Waals surface area contributed by atoms with E-state index >= 15 is 0 Å². The van der Waals surface area contributed by atoms with Crippen LogP contribution in [0.5, 0.6) is 11.5 Å². The number of nitrogens with zero attached hydrogens (tertiary/aromatic N) is 2. The van der Waals surface area contributed by atoms with E-state index in [0.29, 0.717) is 50.0 Å². The minimum atomic E-state index is -3.58. The van der Waals surface area contributed by atoms with Crippen molar-refractivity contribution in [2.45, 2.75) is 37.1 Å². The fraction of sp³-hybridized carbons (Fsp3) is 0.500. The van der Waals surface area contributed by atoms with Crippen molar-refractivity contribution >= 4 is 10.0 Å². The highest BCUT2D eigenvalue weighted by atomic mass is 32.2. The molecule has 8 nitrogen and oxygen atoms in total. The van der Waals surface area contributed by atoms with Crippen molar-refractivity contribution in [1.82, 2.24) is 9.21 Å². The molecule has 29 heavy (non-hydrogen) atoms. The van der Waals surface area contributed by atoms with E-state index in [-0.39, 0.29) is 5.09 Å². The van der Waals surface area contributed by atoms with Crippen molar-refractivity contribution in [3.8, 4) is 11.5 Å². The Labute approximate surface area is 170 Å². The molecule has 1 aromatic heterocycles. The van der Waals surface area contributed by atoms with Gasteiger partial charge in [0.15, 0.2) is 0 Å². The van der Waals surface area contributed by atoms with Crippen LogP contribution in [0.2, 0.25) is 0 Å². The Morgan fingerprint density at radius 2 is 1.79 bits per heavy atom. The summed E-state index contributed by atoms with van der Waals surface area (Å²) in [6, 6.07) is 6.81. The zero-order chi connectivity index (χ0) is 20.6. The molecule has 2 aliphatic heterocycles. The van der Waals surface area contributed by atoms with Crippen molar-refractivity contribution in [2.75, 3.05) is 33.9 Å². The molecular formula is C20H26N2O6S. The summed E-state index contributed by atoms with van der Waals surface area (Å²) in [5.41, 5.74) is 1.60. The third-order valence-electron chi connectivity index (χ3n) is 5.54. The first-order valence-electron chi connectivity index (χ1n) is 9.67. The third kappa shape index (κ3) is 3.75. The Kier molecular flexibility index (Phi) is 5.56. The molecule has 0 bridgehead atoms. The van der Waals surface area contributed by atoms with E-state index in [4.69, 9.17) is 13.9 Å². The molecule has 4 rings (SSSR count). The number of β-amino-alcohol motifs (C(OH)–C–C–N with tert-alkyl or cyclic N) is 1. The largest absolute Gasteiger partial charge is 0.496 e. The summed E-state index contributed by atoms with van der Waals surface area (Å²) < 4.78 is 43.3.